The topological polar surface area (TPSA) is 88.6 Å². The van der Waals surface area contributed by atoms with Crippen molar-refractivity contribution in [3.8, 4) is 11.3 Å². The number of aliphatic hydroxyl groups excluding tert-OH is 1. The minimum absolute atomic E-state index is 0.142. The lowest BCUT2D eigenvalue weighted by Crippen LogP contribution is -2.31. The van der Waals surface area contributed by atoms with Crippen LogP contribution < -0.4 is 10.9 Å². The second-order valence-electron chi connectivity index (χ2n) is 7.51. The SMILES string of the molecule is CCC(O)CNC(=O)c1cn2cc(-c3cccc(Cl)c3)n(CC3CC3)c(=O)c2n1. The molecule has 1 saturated carbocycles. The number of carbonyl (C=O) groups is 1. The zero-order valence-electron chi connectivity index (χ0n) is 16.1. The summed E-state index contributed by atoms with van der Waals surface area (Å²) in [7, 11) is 0. The normalized spacial score (nSPS) is 14.9. The number of imidazole rings is 1. The summed E-state index contributed by atoms with van der Waals surface area (Å²) < 4.78 is 3.32. The van der Waals surface area contributed by atoms with E-state index in [2.05, 4.69) is 10.3 Å². The molecule has 1 aliphatic rings. The third-order valence-corrected chi connectivity index (χ3v) is 5.42. The van der Waals surface area contributed by atoms with Gasteiger partial charge in [0.2, 0.25) is 5.65 Å². The first-order valence-electron chi connectivity index (χ1n) is 9.81. The third kappa shape index (κ3) is 4.21. The molecule has 8 heteroatoms. The summed E-state index contributed by atoms with van der Waals surface area (Å²) in [6.45, 7) is 2.60. The van der Waals surface area contributed by atoms with Crippen molar-refractivity contribution in [1.29, 1.82) is 0 Å². The number of carbonyl (C=O) groups excluding carboxylic acids is 1. The minimum Gasteiger partial charge on any atom is -0.391 e. The highest BCUT2D eigenvalue weighted by Crippen LogP contribution is 2.32. The molecule has 0 saturated heterocycles. The van der Waals surface area contributed by atoms with Crippen molar-refractivity contribution in [3.63, 3.8) is 0 Å². The van der Waals surface area contributed by atoms with Gasteiger partial charge in [0.1, 0.15) is 5.69 Å². The molecule has 4 rings (SSSR count). The number of rotatable bonds is 7. The van der Waals surface area contributed by atoms with E-state index in [1.807, 2.05) is 31.3 Å². The number of nitrogens with zero attached hydrogens (tertiary/aromatic N) is 3. The molecule has 0 aliphatic heterocycles. The first-order valence-corrected chi connectivity index (χ1v) is 10.2. The smallest absolute Gasteiger partial charge is 0.294 e. The molecule has 1 aliphatic carbocycles. The van der Waals surface area contributed by atoms with Crippen LogP contribution in [0.5, 0.6) is 0 Å². The average molecular weight is 415 g/mol. The molecule has 2 heterocycles. The van der Waals surface area contributed by atoms with Crippen molar-refractivity contribution in [2.24, 2.45) is 5.92 Å². The Kier molecular flexibility index (Phi) is 5.43. The highest BCUT2D eigenvalue weighted by Gasteiger charge is 2.25. The van der Waals surface area contributed by atoms with Crippen LogP contribution in [0.3, 0.4) is 0 Å². The second-order valence-corrected chi connectivity index (χ2v) is 7.95. The van der Waals surface area contributed by atoms with Crippen LogP contribution in [0.2, 0.25) is 5.02 Å². The summed E-state index contributed by atoms with van der Waals surface area (Å²) in [6, 6.07) is 7.37. The van der Waals surface area contributed by atoms with E-state index >= 15 is 0 Å². The van der Waals surface area contributed by atoms with Crippen LogP contribution in [0.25, 0.3) is 16.9 Å². The van der Waals surface area contributed by atoms with Crippen LogP contribution in [0.4, 0.5) is 0 Å². The highest BCUT2D eigenvalue weighted by atomic mass is 35.5. The molecular weight excluding hydrogens is 392 g/mol. The van der Waals surface area contributed by atoms with Gasteiger partial charge in [0, 0.05) is 36.1 Å². The molecule has 1 aromatic carbocycles. The van der Waals surface area contributed by atoms with E-state index in [4.69, 9.17) is 11.6 Å². The van der Waals surface area contributed by atoms with Gasteiger partial charge in [-0.05, 0) is 37.3 Å². The monoisotopic (exact) mass is 414 g/mol. The maximum absolute atomic E-state index is 13.2. The quantitative estimate of drug-likeness (QED) is 0.622. The van der Waals surface area contributed by atoms with Gasteiger partial charge in [0.15, 0.2) is 0 Å². The first-order chi connectivity index (χ1) is 14.0. The van der Waals surface area contributed by atoms with Crippen LogP contribution in [0.15, 0.2) is 41.5 Å². The van der Waals surface area contributed by atoms with Crippen molar-refractivity contribution in [1.82, 2.24) is 19.3 Å². The lowest BCUT2D eigenvalue weighted by atomic mass is 10.1. The van der Waals surface area contributed by atoms with E-state index < -0.39 is 12.0 Å². The van der Waals surface area contributed by atoms with Gasteiger partial charge in [0.25, 0.3) is 11.5 Å². The maximum Gasteiger partial charge on any atom is 0.294 e. The summed E-state index contributed by atoms with van der Waals surface area (Å²) in [5.74, 6) is 0.0694. The molecule has 0 spiro atoms. The van der Waals surface area contributed by atoms with Gasteiger partial charge in [0.05, 0.1) is 11.8 Å². The van der Waals surface area contributed by atoms with E-state index in [0.29, 0.717) is 23.9 Å². The van der Waals surface area contributed by atoms with Crippen molar-refractivity contribution < 1.29 is 9.90 Å². The number of aliphatic hydroxyl groups is 1. The largest absolute Gasteiger partial charge is 0.391 e. The van der Waals surface area contributed by atoms with Gasteiger partial charge in [-0.2, -0.15) is 0 Å². The number of hydrogen-bond donors (Lipinski definition) is 2. The fraction of sp³-hybridized carbons (Fsp3) is 0.381. The highest BCUT2D eigenvalue weighted by molar-refractivity contribution is 6.30. The van der Waals surface area contributed by atoms with Crippen molar-refractivity contribution in [2.75, 3.05) is 6.54 Å². The van der Waals surface area contributed by atoms with Crippen LogP contribution in [-0.4, -0.2) is 37.6 Å². The third-order valence-electron chi connectivity index (χ3n) is 5.18. The van der Waals surface area contributed by atoms with Gasteiger partial charge in [-0.3, -0.25) is 14.0 Å². The van der Waals surface area contributed by atoms with Crippen molar-refractivity contribution in [2.45, 2.75) is 38.8 Å². The molecule has 152 valence electrons. The predicted molar refractivity (Wildman–Crippen MR) is 111 cm³/mol. The Morgan fingerprint density at radius 1 is 1.38 bits per heavy atom. The predicted octanol–water partition coefficient (Wildman–Crippen LogP) is 2.73. The fourth-order valence-corrected chi connectivity index (χ4v) is 3.44. The molecule has 1 fully saturated rings. The Morgan fingerprint density at radius 3 is 2.86 bits per heavy atom. The Morgan fingerprint density at radius 2 is 2.17 bits per heavy atom. The van der Waals surface area contributed by atoms with Gasteiger partial charge >= 0.3 is 0 Å². The second kappa shape index (κ2) is 8.00. The molecule has 2 N–H and O–H groups in total. The van der Waals surface area contributed by atoms with E-state index in [9.17, 15) is 14.7 Å². The lowest BCUT2D eigenvalue weighted by molar-refractivity contribution is 0.0909. The van der Waals surface area contributed by atoms with E-state index in [1.165, 1.54) is 0 Å². The molecule has 1 amide bonds. The summed E-state index contributed by atoms with van der Waals surface area (Å²) >= 11 is 6.16. The number of amides is 1. The molecule has 3 aromatic rings. The van der Waals surface area contributed by atoms with Crippen molar-refractivity contribution in [3.05, 3.63) is 57.7 Å². The summed E-state index contributed by atoms with van der Waals surface area (Å²) in [6.07, 6.45) is 5.50. The summed E-state index contributed by atoms with van der Waals surface area (Å²) in [4.78, 5) is 29.9. The van der Waals surface area contributed by atoms with Gasteiger partial charge in [-0.25, -0.2) is 4.98 Å². The Balaban J connectivity index is 1.77. The number of aromatic nitrogens is 3. The van der Waals surface area contributed by atoms with Gasteiger partial charge in [-0.1, -0.05) is 30.7 Å². The first kappa shape index (κ1) is 19.7. The molecule has 2 aromatic heterocycles. The molecule has 1 unspecified atom stereocenters. The minimum atomic E-state index is -0.610. The van der Waals surface area contributed by atoms with Crippen LogP contribution in [-0.2, 0) is 6.54 Å². The average Bonchev–Trinajstić information content (AvgIpc) is 3.43. The standard InChI is InChI=1S/C21H23ClN4O3/c1-2-16(27)9-23-20(28)17-11-25-12-18(14-4-3-5-15(22)8-14)26(10-13-6-7-13)21(29)19(25)24-17/h3-5,8,11-13,16,27H,2,6-7,9-10H2,1H3,(H,23,28). The molecule has 29 heavy (non-hydrogen) atoms. The molecule has 0 radical (unpaired) electrons. The van der Waals surface area contributed by atoms with E-state index in [-0.39, 0.29) is 23.4 Å². The zero-order chi connectivity index (χ0) is 20.5. The van der Waals surface area contributed by atoms with Crippen LogP contribution >= 0.6 is 11.6 Å². The Hall–Kier alpha value is -2.64. The van der Waals surface area contributed by atoms with Gasteiger partial charge < -0.3 is 15.0 Å². The van der Waals surface area contributed by atoms with E-state index in [0.717, 1.165) is 24.1 Å². The Bertz CT molecular complexity index is 1120. The molecular formula is C21H23ClN4O3. The van der Waals surface area contributed by atoms with Crippen molar-refractivity contribution >= 4 is 23.2 Å². The fourth-order valence-electron chi connectivity index (χ4n) is 3.25. The number of halogens is 1. The van der Waals surface area contributed by atoms with Crippen LogP contribution in [0.1, 0.15) is 36.7 Å². The number of fused-ring (bicyclic) bond motifs is 1. The van der Waals surface area contributed by atoms with Crippen LogP contribution in [0, 0.1) is 5.92 Å². The lowest BCUT2D eigenvalue weighted by Gasteiger charge is -2.13. The summed E-state index contributed by atoms with van der Waals surface area (Å²) in [5, 5.41) is 12.9. The number of hydrogen-bond acceptors (Lipinski definition) is 4. The molecule has 1 atom stereocenters. The Labute approximate surface area is 173 Å². The number of benzene rings is 1. The summed E-state index contributed by atoms with van der Waals surface area (Å²) in [5.41, 5.74) is 1.69. The molecule has 7 nitrogen and oxygen atoms in total. The zero-order valence-corrected chi connectivity index (χ0v) is 16.9. The number of nitrogens with one attached hydrogen (secondary N) is 1. The molecule has 0 bridgehead atoms. The van der Waals surface area contributed by atoms with Gasteiger partial charge in [-0.15, -0.1) is 0 Å². The maximum atomic E-state index is 13.2. The van der Waals surface area contributed by atoms with E-state index in [1.54, 1.807) is 21.2 Å².